The third-order valence-electron chi connectivity index (χ3n) is 6.79. The molecule has 0 saturated carbocycles. The summed E-state index contributed by atoms with van der Waals surface area (Å²) in [5.74, 6) is 0.820. The molecule has 2 bridgehead atoms. The number of carbonyl (C=O) groups is 1. The predicted octanol–water partition coefficient (Wildman–Crippen LogP) is 1.26. The molecule has 1 N–H and O–H groups in total. The Hall–Kier alpha value is -2.45. The van der Waals surface area contributed by atoms with Gasteiger partial charge in [0, 0.05) is 61.2 Å². The fraction of sp³-hybridized carbons (Fsp3) is 0.591. The van der Waals surface area contributed by atoms with E-state index in [0.29, 0.717) is 25.4 Å². The standard InChI is InChI=1S/C22H28N4O4/c1-13-4-16(5-14(2)23-13)25-8-19-18(10-27)20-9-26(12-22(19,11-25)29-20)21(28)7-17-6-15(3)24-30-17/h4-6,18-20,27H,7-12H2,1-3H3/t18-,19+,20+,22-/m0/s1. The second kappa shape index (κ2) is 7.06. The summed E-state index contributed by atoms with van der Waals surface area (Å²) < 4.78 is 11.7. The van der Waals surface area contributed by atoms with E-state index < -0.39 is 5.60 Å². The topological polar surface area (TPSA) is 91.9 Å². The molecule has 2 aromatic rings. The zero-order valence-electron chi connectivity index (χ0n) is 17.7. The molecule has 0 unspecified atom stereocenters. The number of morpholine rings is 1. The van der Waals surface area contributed by atoms with Crippen LogP contribution in [-0.2, 0) is 16.0 Å². The van der Waals surface area contributed by atoms with Crippen molar-refractivity contribution in [2.24, 2.45) is 11.8 Å². The lowest BCUT2D eigenvalue weighted by atomic mass is 9.83. The maximum Gasteiger partial charge on any atom is 0.230 e. The van der Waals surface area contributed by atoms with Gasteiger partial charge in [0.05, 0.1) is 24.8 Å². The van der Waals surface area contributed by atoms with Crippen LogP contribution in [0.2, 0.25) is 0 Å². The number of rotatable bonds is 4. The number of likely N-dealkylation sites (tertiary alicyclic amines) is 1. The maximum absolute atomic E-state index is 13.0. The van der Waals surface area contributed by atoms with Crippen molar-refractivity contribution in [3.8, 4) is 0 Å². The third-order valence-corrected chi connectivity index (χ3v) is 6.79. The quantitative estimate of drug-likeness (QED) is 0.808. The molecule has 1 spiro atoms. The number of carbonyl (C=O) groups excluding carboxylic acids is 1. The van der Waals surface area contributed by atoms with Gasteiger partial charge in [0.25, 0.3) is 0 Å². The number of aryl methyl sites for hydroxylation is 3. The molecule has 3 aliphatic heterocycles. The van der Waals surface area contributed by atoms with Gasteiger partial charge in [-0.25, -0.2) is 0 Å². The molecule has 5 rings (SSSR count). The second-order valence-electron chi connectivity index (χ2n) is 9.05. The number of aliphatic hydroxyl groups is 1. The Bertz CT molecular complexity index is 956. The van der Waals surface area contributed by atoms with E-state index in [4.69, 9.17) is 9.26 Å². The van der Waals surface area contributed by atoms with Gasteiger partial charge in [-0.1, -0.05) is 5.16 Å². The van der Waals surface area contributed by atoms with Crippen molar-refractivity contribution in [1.82, 2.24) is 15.0 Å². The average Bonchev–Trinajstić information content (AvgIpc) is 3.30. The van der Waals surface area contributed by atoms with Crippen LogP contribution in [0.1, 0.15) is 22.8 Å². The minimum absolute atomic E-state index is 0.0187. The number of aromatic nitrogens is 2. The van der Waals surface area contributed by atoms with Gasteiger partial charge in [-0.2, -0.15) is 0 Å². The summed E-state index contributed by atoms with van der Waals surface area (Å²) in [5.41, 5.74) is 3.42. The minimum atomic E-state index is -0.450. The van der Waals surface area contributed by atoms with Crippen molar-refractivity contribution >= 4 is 11.6 Å². The maximum atomic E-state index is 13.0. The van der Waals surface area contributed by atoms with Crippen LogP contribution in [0, 0.1) is 32.6 Å². The lowest BCUT2D eigenvalue weighted by Crippen LogP contribution is -2.56. The molecule has 8 nitrogen and oxygen atoms in total. The monoisotopic (exact) mass is 412 g/mol. The predicted molar refractivity (Wildman–Crippen MR) is 109 cm³/mol. The van der Waals surface area contributed by atoms with E-state index in [-0.39, 0.29) is 36.9 Å². The Labute approximate surface area is 175 Å². The van der Waals surface area contributed by atoms with E-state index in [0.717, 1.165) is 29.3 Å². The highest BCUT2D eigenvalue weighted by atomic mass is 16.5. The molecule has 5 heterocycles. The van der Waals surface area contributed by atoms with Crippen LogP contribution in [0.15, 0.2) is 22.7 Å². The van der Waals surface area contributed by atoms with Crippen molar-refractivity contribution in [3.63, 3.8) is 0 Å². The molecular formula is C22H28N4O4. The van der Waals surface area contributed by atoms with Crippen molar-refractivity contribution < 1.29 is 19.2 Å². The lowest BCUT2D eigenvalue weighted by molar-refractivity contribution is -0.151. The molecule has 3 fully saturated rings. The van der Waals surface area contributed by atoms with Crippen LogP contribution in [0.3, 0.4) is 0 Å². The highest BCUT2D eigenvalue weighted by molar-refractivity contribution is 5.78. The number of aliphatic hydroxyl groups excluding tert-OH is 1. The molecule has 0 aliphatic carbocycles. The molecule has 8 heteroatoms. The number of hydrogen-bond acceptors (Lipinski definition) is 7. The Morgan fingerprint density at radius 2 is 1.93 bits per heavy atom. The number of nitrogens with zero attached hydrogens (tertiary/aromatic N) is 4. The summed E-state index contributed by atoms with van der Waals surface area (Å²) in [6, 6.07) is 5.98. The number of amides is 1. The fourth-order valence-electron chi connectivity index (χ4n) is 5.58. The summed E-state index contributed by atoms with van der Waals surface area (Å²) in [7, 11) is 0. The molecule has 3 saturated heterocycles. The Kier molecular flexibility index (Phi) is 4.59. The molecule has 4 atom stereocenters. The van der Waals surface area contributed by atoms with E-state index in [2.05, 4.69) is 27.2 Å². The second-order valence-corrected chi connectivity index (χ2v) is 9.05. The summed E-state index contributed by atoms with van der Waals surface area (Å²) in [6.45, 7) is 8.49. The summed E-state index contributed by atoms with van der Waals surface area (Å²) in [5, 5.41) is 14.0. The Balaban J connectivity index is 1.39. The van der Waals surface area contributed by atoms with Crippen molar-refractivity contribution in [3.05, 3.63) is 41.0 Å². The molecular weight excluding hydrogens is 384 g/mol. The molecule has 30 heavy (non-hydrogen) atoms. The molecule has 160 valence electrons. The van der Waals surface area contributed by atoms with E-state index in [9.17, 15) is 9.90 Å². The van der Waals surface area contributed by atoms with Gasteiger partial charge in [-0.3, -0.25) is 9.78 Å². The van der Waals surface area contributed by atoms with Crippen molar-refractivity contribution in [2.75, 3.05) is 37.7 Å². The normalized spacial score (nSPS) is 30.1. The minimum Gasteiger partial charge on any atom is -0.396 e. The van der Waals surface area contributed by atoms with E-state index in [1.165, 1.54) is 0 Å². The first-order valence-electron chi connectivity index (χ1n) is 10.6. The van der Waals surface area contributed by atoms with Gasteiger partial charge in [0.2, 0.25) is 5.91 Å². The van der Waals surface area contributed by atoms with Gasteiger partial charge < -0.3 is 24.2 Å². The smallest absolute Gasteiger partial charge is 0.230 e. The van der Waals surface area contributed by atoms with Crippen LogP contribution >= 0.6 is 0 Å². The molecule has 0 aromatic carbocycles. The highest BCUT2D eigenvalue weighted by Gasteiger charge is 2.62. The number of hydrogen-bond donors (Lipinski definition) is 1. The van der Waals surface area contributed by atoms with E-state index >= 15 is 0 Å². The van der Waals surface area contributed by atoms with Gasteiger partial charge >= 0.3 is 0 Å². The SMILES string of the molecule is Cc1cc(CC(=O)N2C[C@H]3O[C@]4(C2)CN(c2cc(C)nc(C)c2)C[C@@H]4[C@@H]3CO)on1. The van der Waals surface area contributed by atoms with Crippen molar-refractivity contribution in [1.29, 1.82) is 0 Å². The zero-order chi connectivity index (χ0) is 21.0. The fourth-order valence-corrected chi connectivity index (χ4v) is 5.58. The lowest BCUT2D eigenvalue weighted by Gasteiger charge is -2.40. The number of pyridine rings is 1. The van der Waals surface area contributed by atoms with Crippen LogP contribution in [0.4, 0.5) is 5.69 Å². The summed E-state index contributed by atoms with van der Waals surface area (Å²) >= 11 is 0. The van der Waals surface area contributed by atoms with Crippen LogP contribution in [0.5, 0.6) is 0 Å². The van der Waals surface area contributed by atoms with Crippen molar-refractivity contribution in [2.45, 2.75) is 38.9 Å². The van der Waals surface area contributed by atoms with Gasteiger partial charge in [0.1, 0.15) is 11.4 Å². The first kappa shape index (κ1) is 19.5. The first-order valence-corrected chi connectivity index (χ1v) is 10.6. The zero-order valence-corrected chi connectivity index (χ0v) is 17.7. The van der Waals surface area contributed by atoms with Crippen LogP contribution < -0.4 is 4.90 Å². The Morgan fingerprint density at radius 1 is 1.17 bits per heavy atom. The largest absolute Gasteiger partial charge is 0.396 e. The van der Waals surface area contributed by atoms with E-state index in [1.54, 1.807) is 6.07 Å². The number of fused-ring (bicyclic) bond motifs is 1. The molecule has 1 amide bonds. The third kappa shape index (κ3) is 3.18. The highest BCUT2D eigenvalue weighted by Crippen LogP contribution is 2.50. The number of ether oxygens (including phenoxy) is 1. The summed E-state index contributed by atoms with van der Waals surface area (Å²) in [6.07, 6.45) is 0.0714. The molecule has 3 aliphatic rings. The van der Waals surface area contributed by atoms with Gasteiger partial charge in [0.15, 0.2) is 0 Å². The number of anilines is 1. The molecule has 2 aromatic heterocycles. The molecule has 0 radical (unpaired) electrons. The van der Waals surface area contributed by atoms with E-state index in [1.807, 2.05) is 25.7 Å². The first-order chi connectivity index (χ1) is 14.4. The van der Waals surface area contributed by atoms with Gasteiger partial charge in [-0.05, 0) is 32.9 Å². The van der Waals surface area contributed by atoms with Crippen LogP contribution in [-0.4, -0.2) is 70.5 Å². The van der Waals surface area contributed by atoms with Gasteiger partial charge in [-0.15, -0.1) is 0 Å². The Morgan fingerprint density at radius 3 is 2.60 bits per heavy atom. The summed E-state index contributed by atoms with van der Waals surface area (Å²) in [4.78, 5) is 21.7. The average molecular weight is 412 g/mol. The van der Waals surface area contributed by atoms with Crippen LogP contribution in [0.25, 0.3) is 0 Å².